The smallest absolute Gasteiger partial charge is 0.345 e. The molecule has 0 atom stereocenters. The fourth-order valence-corrected chi connectivity index (χ4v) is 3.36. The first-order chi connectivity index (χ1) is 11.2. The molecule has 0 saturated heterocycles. The van der Waals surface area contributed by atoms with Gasteiger partial charge in [0.2, 0.25) is 0 Å². The van der Waals surface area contributed by atoms with Crippen molar-refractivity contribution in [2.45, 2.75) is 6.92 Å². The second kappa shape index (κ2) is 5.48. The topological polar surface area (TPSA) is 43.1 Å². The highest BCUT2D eigenvalue weighted by Gasteiger charge is 2.12. The van der Waals surface area contributed by atoms with Gasteiger partial charge in [-0.05, 0) is 25.1 Å². The number of nitrogens with zero attached hydrogens (tertiary/aromatic N) is 1. The Bertz CT molecular complexity index is 1050. The van der Waals surface area contributed by atoms with E-state index in [1.54, 1.807) is 0 Å². The predicted octanol–water partition coefficient (Wildman–Crippen LogP) is 4.89. The summed E-state index contributed by atoms with van der Waals surface area (Å²) in [6.07, 6.45) is 0. The summed E-state index contributed by atoms with van der Waals surface area (Å²) in [4.78, 5) is 16.9. The van der Waals surface area contributed by atoms with Gasteiger partial charge in [-0.15, -0.1) is 11.3 Å². The third-order valence-electron chi connectivity index (χ3n) is 3.69. The van der Waals surface area contributed by atoms with Crippen LogP contribution >= 0.6 is 11.3 Å². The van der Waals surface area contributed by atoms with Crippen molar-refractivity contribution in [1.29, 1.82) is 0 Å². The summed E-state index contributed by atoms with van der Waals surface area (Å²) in [6.45, 7) is 2.01. The first-order valence-electron chi connectivity index (χ1n) is 7.26. The van der Waals surface area contributed by atoms with Crippen LogP contribution in [-0.4, -0.2) is 4.98 Å². The van der Waals surface area contributed by atoms with E-state index in [9.17, 15) is 4.79 Å². The third-order valence-corrected chi connectivity index (χ3v) is 4.58. The second-order valence-corrected chi connectivity index (χ2v) is 6.25. The highest BCUT2D eigenvalue weighted by molar-refractivity contribution is 7.13. The van der Waals surface area contributed by atoms with Crippen LogP contribution in [0, 0.1) is 6.92 Å². The predicted molar refractivity (Wildman–Crippen MR) is 93.8 cm³/mol. The lowest BCUT2D eigenvalue weighted by Crippen LogP contribution is -2.02. The van der Waals surface area contributed by atoms with E-state index in [2.05, 4.69) is 4.98 Å². The van der Waals surface area contributed by atoms with Gasteiger partial charge >= 0.3 is 5.63 Å². The molecule has 4 rings (SSSR count). The van der Waals surface area contributed by atoms with Crippen molar-refractivity contribution in [3.05, 3.63) is 76.0 Å². The molecule has 0 bridgehead atoms. The number of rotatable bonds is 2. The van der Waals surface area contributed by atoms with Gasteiger partial charge in [-0.2, -0.15) is 0 Å². The molecule has 0 N–H and O–H groups in total. The Hall–Kier alpha value is -2.72. The summed E-state index contributed by atoms with van der Waals surface area (Å²) < 4.78 is 5.43. The quantitative estimate of drug-likeness (QED) is 0.494. The minimum Gasteiger partial charge on any atom is -0.422 e. The first-order valence-corrected chi connectivity index (χ1v) is 8.14. The molecule has 0 aliphatic rings. The molecule has 0 amide bonds. The van der Waals surface area contributed by atoms with E-state index < -0.39 is 0 Å². The van der Waals surface area contributed by atoms with E-state index in [0.717, 1.165) is 21.5 Å². The van der Waals surface area contributed by atoms with Crippen LogP contribution in [-0.2, 0) is 0 Å². The Balaban J connectivity index is 1.85. The Morgan fingerprint density at radius 1 is 1.04 bits per heavy atom. The van der Waals surface area contributed by atoms with Crippen LogP contribution in [0.4, 0.5) is 0 Å². The Morgan fingerprint density at radius 3 is 2.70 bits per heavy atom. The van der Waals surface area contributed by atoms with Gasteiger partial charge < -0.3 is 4.42 Å². The average Bonchev–Trinajstić information content (AvgIpc) is 3.05. The van der Waals surface area contributed by atoms with Crippen LogP contribution in [0.3, 0.4) is 0 Å². The van der Waals surface area contributed by atoms with Gasteiger partial charge in [0.15, 0.2) is 0 Å². The Kier molecular flexibility index (Phi) is 3.32. The van der Waals surface area contributed by atoms with Crippen LogP contribution in [0.15, 0.2) is 69.2 Å². The lowest BCUT2D eigenvalue weighted by Gasteiger charge is -2.01. The largest absolute Gasteiger partial charge is 0.422 e. The van der Waals surface area contributed by atoms with E-state index in [0.29, 0.717) is 16.8 Å². The molecule has 0 saturated carbocycles. The maximum absolute atomic E-state index is 12.3. The summed E-state index contributed by atoms with van der Waals surface area (Å²) in [5.41, 5.74) is 3.58. The molecular weight excluding hydrogens is 306 g/mol. The summed E-state index contributed by atoms with van der Waals surface area (Å²) in [6, 6.07) is 17.6. The number of hydrogen-bond acceptors (Lipinski definition) is 4. The highest BCUT2D eigenvalue weighted by Crippen LogP contribution is 2.28. The molecular formula is C19H13NO2S. The van der Waals surface area contributed by atoms with Crippen molar-refractivity contribution in [2.75, 3.05) is 0 Å². The molecule has 3 nitrogen and oxygen atoms in total. The molecule has 0 aliphatic heterocycles. The minimum atomic E-state index is -0.355. The standard InChI is InChI=1S/C19H13NO2S/c1-12-7-8-17-14(9-12)10-15(19(21)22-17)16-11-23-18(20-16)13-5-3-2-4-6-13/h2-11H,1H3. The summed E-state index contributed by atoms with van der Waals surface area (Å²) >= 11 is 1.52. The SMILES string of the molecule is Cc1ccc2oc(=O)c(-c3csc(-c4ccccc4)n3)cc2c1. The van der Waals surface area contributed by atoms with Gasteiger partial charge in [0, 0.05) is 16.3 Å². The lowest BCUT2D eigenvalue weighted by atomic mass is 10.1. The Morgan fingerprint density at radius 2 is 1.87 bits per heavy atom. The van der Waals surface area contributed by atoms with E-state index in [-0.39, 0.29) is 5.63 Å². The zero-order valence-electron chi connectivity index (χ0n) is 12.4. The monoisotopic (exact) mass is 319 g/mol. The summed E-state index contributed by atoms with van der Waals surface area (Å²) in [5.74, 6) is 0. The van der Waals surface area contributed by atoms with Crippen LogP contribution in [0.2, 0.25) is 0 Å². The van der Waals surface area contributed by atoms with Crippen LogP contribution < -0.4 is 5.63 Å². The molecule has 4 heteroatoms. The number of thiazole rings is 1. The van der Waals surface area contributed by atoms with E-state index in [4.69, 9.17) is 4.42 Å². The molecule has 2 heterocycles. The molecule has 0 spiro atoms. The molecule has 0 aliphatic carbocycles. The fourth-order valence-electron chi connectivity index (χ4n) is 2.53. The number of aryl methyl sites for hydroxylation is 1. The van der Waals surface area contributed by atoms with Crippen LogP contribution in [0.25, 0.3) is 32.8 Å². The number of benzene rings is 2. The van der Waals surface area contributed by atoms with Crippen LogP contribution in [0.5, 0.6) is 0 Å². The van der Waals surface area contributed by atoms with Gasteiger partial charge in [0.1, 0.15) is 10.6 Å². The van der Waals surface area contributed by atoms with E-state index >= 15 is 0 Å². The second-order valence-electron chi connectivity index (χ2n) is 5.39. The molecule has 0 unspecified atom stereocenters. The molecule has 0 radical (unpaired) electrons. The zero-order chi connectivity index (χ0) is 15.8. The molecule has 23 heavy (non-hydrogen) atoms. The molecule has 4 aromatic rings. The number of aromatic nitrogens is 1. The normalized spacial score (nSPS) is 11.0. The maximum Gasteiger partial charge on any atom is 0.345 e. The minimum absolute atomic E-state index is 0.355. The molecule has 112 valence electrons. The Labute approximate surface area is 136 Å². The first kappa shape index (κ1) is 13.9. The molecule has 2 aromatic carbocycles. The lowest BCUT2D eigenvalue weighted by molar-refractivity contribution is 0.563. The average molecular weight is 319 g/mol. The zero-order valence-corrected chi connectivity index (χ0v) is 13.3. The summed E-state index contributed by atoms with van der Waals surface area (Å²) in [5, 5.41) is 3.70. The van der Waals surface area contributed by atoms with Gasteiger partial charge in [0.25, 0.3) is 0 Å². The fraction of sp³-hybridized carbons (Fsp3) is 0.0526. The third kappa shape index (κ3) is 2.58. The van der Waals surface area contributed by atoms with Gasteiger partial charge in [-0.1, -0.05) is 42.0 Å². The maximum atomic E-state index is 12.3. The van der Waals surface area contributed by atoms with E-state index in [1.165, 1.54) is 11.3 Å². The van der Waals surface area contributed by atoms with E-state index in [1.807, 2.05) is 66.9 Å². The van der Waals surface area contributed by atoms with Gasteiger partial charge in [-0.25, -0.2) is 9.78 Å². The van der Waals surface area contributed by atoms with Crippen molar-refractivity contribution in [3.63, 3.8) is 0 Å². The van der Waals surface area contributed by atoms with Crippen molar-refractivity contribution >= 4 is 22.3 Å². The van der Waals surface area contributed by atoms with Crippen LogP contribution in [0.1, 0.15) is 5.56 Å². The van der Waals surface area contributed by atoms with Crippen molar-refractivity contribution in [1.82, 2.24) is 4.98 Å². The molecule has 0 fully saturated rings. The van der Waals surface area contributed by atoms with Crippen molar-refractivity contribution < 1.29 is 4.42 Å². The highest BCUT2D eigenvalue weighted by atomic mass is 32.1. The summed E-state index contributed by atoms with van der Waals surface area (Å²) in [7, 11) is 0. The number of fused-ring (bicyclic) bond motifs is 1. The number of hydrogen-bond donors (Lipinski definition) is 0. The van der Waals surface area contributed by atoms with Gasteiger partial charge in [0.05, 0.1) is 11.3 Å². The molecule has 2 aromatic heterocycles. The van der Waals surface area contributed by atoms with Gasteiger partial charge in [-0.3, -0.25) is 0 Å². The van der Waals surface area contributed by atoms with Crippen molar-refractivity contribution in [2.24, 2.45) is 0 Å². The van der Waals surface area contributed by atoms with Crippen molar-refractivity contribution in [3.8, 4) is 21.8 Å².